The summed E-state index contributed by atoms with van der Waals surface area (Å²) in [7, 11) is 1.44. The van der Waals surface area contributed by atoms with E-state index in [0.29, 0.717) is 38.8 Å². The number of nitrogens with one attached hydrogen (secondary N) is 2. The zero-order valence-corrected chi connectivity index (χ0v) is 24.5. The van der Waals surface area contributed by atoms with Gasteiger partial charge in [-0.25, -0.2) is 0 Å². The topological polar surface area (TPSA) is 147 Å². The third-order valence-corrected chi connectivity index (χ3v) is 9.10. The van der Waals surface area contributed by atoms with Gasteiger partial charge in [-0.2, -0.15) is 5.26 Å². The lowest BCUT2D eigenvalue weighted by atomic mass is 9.75. The van der Waals surface area contributed by atoms with E-state index < -0.39 is 11.4 Å². The highest BCUT2D eigenvalue weighted by atomic mass is 16.5. The molecular formula is C31H43N3O7. The molecule has 1 aromatic rings. The van der Waals surface area contributed by atoms with E-state index in [0.717, 1.165) is 25.7 Å². The number of aliphatic carboxylic acids is 1. The summed E-state index contributed by atoms with van der Waals surface area (Å²) in [5, 5.41) is 25.5. The molecule has 3 saturated carbocycles. The first-order chi connectivity index (χ1) is 19.6. The first-order valence-electron chi connectivity index (χ1n) is 14.8. The number of carbonyl (C=O) groups excluding carboxylic acids is 2. The minimum Gasteiger partial charge on any atom is -0.496 e. The van der Waals surface area contributed by atoms with Crippen molar-refractivity contribution in [1.29, 1.82) is 5.26 Å². The minimum absolute atomic E-state index is 0.0338. The van der Waals surface area contributed by atoms with Crippen LogP contribution in [0, 0.1) is 34.5 Å². The molecule has 10 nitrogen and oxygen atoms in total. The number of nitrogens with zero attached hydrogens (tertiary/aromatic N) is 1. The second kappa shape index (κ2) is 13.1. The molecule has 0 aromatic heterocycles. The Morgan fingerprint density at radius 3 is 2.46 bits per heavy atom. The van der Waals surface area contributed by atoms with Gasteiger partial charge in [0.1, 0.15) is 17.6 Å². The number of nitriles is 1. The number of carbonyl (C=O) groups is 3. The molecule has 3 aliphatic carbocycles. The number of rotatable bonds is 12. The van der Waals surface area contributed by atoms with Crippen LogP contribution in [0.25, 0.3) is 0 Å². The van der Waals surface area contributed by atoms with Crippen LogP contribution in [0.4, 0.5) is 0 Å². The lowest BCUT2D eigenvalue weighted by molar-refractivity contribution is -0.150. The molecule has 3 N–H and O–H groups in total. The number of hydrogen-bond donors (Lipinski definition) is 3. The number of carboxylic acids is 1. The lowest BCUT2D eigenvalue weighted by Gasteiger charge is -2.34. The molecule has 0 radical (unpaired) electrons. The zero-order chi connectivity index (χ0) is 29.7. The van der Waals surface area contributed by atoms with Gasteiger partial charge >= 0.3 is 5.97 Å². The van der Waals surface area contributed by atoms with E-state index in [1.165, 1.54) is 19.2 Å². The molecule has 1 aromatic carbocycles. The molecule has 2 amide bonds. The van der Waals surface area contributed by atoms with E-state index in [4.69, 9.17) is 14.2 Å². The zero-order valence-electron chi connectivity index (χ0n) is 24.5. The highest BCUT2D eigenvalue weighted by Gasteiger charge is 2.51. The van der Waals surface area contributed by atoms with Crippen LogP contribution in [0.1, 0.15) is 88.1 Å². The SMILES string of the molecule is COc1cc(C#N)c(O[C@H]2CC[C@@](C)(C(=O)O)CC2)cc1C(=O)N[C@@H]1[C@H]2CC[C@H](C2)[C@@H]1C(=O)NCCCOC(C)C. The summed E-state index contributed by atoms with van der Waals surface area (Å²) in [4.78, 5) is 38.5. The van der Waals surface area contributed by atoms with Crippen molar-refractivity contribution in [3.8, 4) is 17.6 Å². The number of hydrogen-bond acceptors (Lipinski definition) is 7. The Bertz CT molecular complexity index is 1170. The molecule has 4 atom stereocenters. The molecule has 0 saturated heterocycles. The van der Waals surface area contributed by atoms with E-state index >= 15 is 0 Å². The fraction of sp³-hybridized carbons (Fsp3) is 0.677. The molecule has 3 aliphatic rings. The van der Waals surface area contributed by atoms with Crippen molar-refractivity contribution in [3.63, 3.8) is 0 Å². The molecule has 0 heterocycles. The minimum atomic E-state index is -0.815. The molecule has 0 aliphatic heterocycles. The van der Waals surface area contributed by atoms with Crippen LogP contribution in [0.2, 0.25) is 0 Å². The maximum Gasteiger partial charge on any atom is 0.309 e. The third kappa shape index (κ3) is 6.95. The Labute approximate surface area is 242 Å². The van der Waals surface area contributed by atoms with Gasteiger partial charge in [-0.05, 0) is 90.0 Å². The summed E-state index contributed by atoms with van der Waals surface area (Å²) in [6.45, 7) is 6.80. The maximum absolute atomic E-state index is 13.6. The predicted molar refractivity (Wildman–Crippen MR) is 151 cm³/mol. The molecule has 0 spiro atoms. The Balaban J connectivity index is 1.46. The molecule has 2 bridgehead atoms. The molecular weight excluding hydrogens is 526 g/mol. The fourth-order valence-corrected chi connectivity index (χ4v) is 6.66. The first-order valence-corrected chi connectivity index (χ1v) is 14.8. The first kappa shape index (κ1) is 30.6. The van der Waals surface area contributed by atoms with Gasteiger partial charge in [-0.3, -0.25) is 14.4 Å². The summed E-state index contributed by atoms with van der Waals surface area (Å²) in [6, 6.07) is 4.87. The summed E-state index contributed by atoms with van der Waals surface area (Å²) >= 11 is 0. The molecule has 4 rings (SSSR count). The van der Waals surface area contributed by atoms with Crippen molar-refractivity contribution >= 4 is 17.8 Å². The quantitative estimate of drug-likeness (QED) is 0.320. The van der Waals surface area contributed by atoms with Crippen LogP contribution >= 0.6 is 0 Å². The highest BCUT2D eigenvalue weighted by molar-refractivity contribution is 5.98. The van der Waals surface area contributed by atoms with Crippen LogP contribution < -0.4 is 20.1 Å². The Kier molecular flexibility index (Phi) is 9.80. The second-order valence-corrected chi connectivity index (χ2v) is 12.3. The van der Waals surface area contributed by atoms with Crippen LogP contribution in [0.15, 0.2) is 12.1 Å². The van der Waals surface area contributed by atoms with E-state index in [-0.39, 0.29) is 70.4 Å². The van der Waals surface area contributed by atoms with Crippen molar-refractivity contribution in [2.75, 3.05) is 20.3 Å². The van der Waals surface area contributed by atoms with Gasteiger partial charge in [-0.15, -0.1) is 0 Å². The van der Waals surface area contributed by atoms with Gasteiger partial charge < -0.3 is 30.0 Å². The van der Waals surface area contributed by atoms with E-state index in [2.05, 4.69) is 16.7 Å². The largest absolute Gasteiger partial charge is 0.496 e. The Morgan fingerprint density at radius 1 is 1.12 bits per heavy atom. The van der Waals surface area contributed by atoms with Crippen LogP contribution in [0.5, 0.6) is 11.5 Å². The summed E-state index contributed by atoms with van der Waals surface area (Å²) in [5.74, 6) is -0.528. The molecule has 224 valence electrons. The lowest BCUT2D eigenvalue weighted by Crippen LogP contribution is -2.50. The number of carboxylic acid groups (broad SMARTS) is 1. The number of fused-ring (bicyclic) bond motifs is 2. The van der Waals surface area contributed by atoms with E-state index in [1.807, 2.05) is 13.8 Å². The average molecular weight is 570 g/mol. The number of amides is 2. The predicted octanol–water partition coefficient (Wildman–Crippen LogP) is 4.05. The monoisotopic (exact) mass is 569 g/mol. The molecule has 10 heteroatoms. The van der Waals surface area contributed by atoms with Crippen LogP contribution in [-0.2, 0) is 14.3 Å². The Hall–Kier alpha value is -3.32. The molecule has 41 heavy (non-hydrogen) atoms. The third-order valence-electron chi connectivity index (χ3n) is 9.10. The maximum atomic E-state index is 13.6. The van der Waals surface area contributed by atoms with Gasteiger partial charge in [0.25, 0.3) is 5.91 Å². The van der Waals surface area contributed by atoms with E-state index in [1.54, 1.807) is 6.92 Å². The average Bonchev–Trinajstić information content (AvgIpc) is 3.55. The van der Waals surface area contributed by atoms with Gasteiger partial charge in [0.15, 0.2) is 0 Å². The van der Waals surface area contributed by atoms with Crippen LogP contribution in [-0.4, -0.2) is 61.4 Å². The van der Waals surface area contributed by atoms with Crippen molar-refractivity contribution < 1.29 is 33.7 Å². The smallest absolute Gasteiger partial charge is 0.309 e. The molecule has 3 fully saturated rings. The normalized spacial score (nSPS) is 28.6. The van der Waals surface area contributed by atoms with E-state index in [9.17, 15) is 24.8 Å². The summed E-state index contributed by atoms with van der Waals surface area (Å²) in [5.41, 5.74) is -0.308. The van der Waals surface area contributed by atoms with Crippen molar-refractivity contribution in [1.82, 2.24) is 10.6 Å². The standard InChI is InChI=1S/C31H43N3O7/c1-18(2)40-13-5-12-33-29(36)26-19-6-7-20(14-19)27(26)34-28(35)23-16-24(21(17-32)15-25(23)39-4)41-22-8-10-31(3,11-9-22)30(37)38/h15-16,18-20,22,26-27H,5-14H2,1-4H3,(H,33,36)(H,34,35)(H,37,38)/t19-,20+,22-,26+,27-,31+/m1/s1. The van der Waals surface area contributed by atoms with Crippen molar-refractivity contribution in [3.05, 3.63) is 23.3 Å². The second-order valence-electron chi connectivity index (χ2n) is 12.3. The van der Waals surface area contributed by atoms with Gasteiger partial charge in [0, 0.05) is 25.3 Å². The highest BCUT2D eigenvalue weighted by Crippen LogP contribution is 2.49. The fourth-order valence-electron chi connectivity index (χ4n) is 6.66. The van der Waals surface area contributed by atoms with Gasteiger partial charge in [-0.1, -0.05) is 0 Å². The summed E-state index contributed by atoms with van der Waals surface area (Å²) < 4.78 is 17.2. The Morgan fingerprint density at radius 2 is 1.83 bits per heavy atom. The molecule has 0 unspecified atom stereocenters. The number of ether oxygens (including phenoxy) is 3. The van der Waals surface area contributed by atoms with Crippen molar-refractivity contribution in [2.45, 2.75) is 90.4 Å². The van der Waals surface area contributed by atoms with Crippen LogP contribution in [0.3, 0.4) is 0 Å². The van der Waals surface area contributed by atoms with Crippen molar-refractivity contribution in [2.24, 2.45) is 23.2 Å². The van der Waals surface area contributed by atoms with Gasteiger partial charge in [0.2, 0.25) is 5.91 Å². The summed E-state index contributed by atoms with van der Waals surface area (Å²) in [6.07, 6.45) is 5.48. The van der Waals surface area contributed by atoms with Gasteiger partial charge in [0.05, 0.1) is 41.8 Å². The number of benzene rings is 1. The number of methoxy groups -OCH3 is 1.